The van der Waals surface area contributed by atoms with Crippen molar-refractivity contribution in [2.45, 2.75) is 6.61 Å². The topological polar surface area (TPSA) is 93.8 Å². The van der Waals surface area contributed by atoms with Gasteiger partial charge >= 0.3 is 0 Å². The molecule has 0 unspecified atom stereocenters. The molecule has 1 amide bonds. The van der Waals surface area contributed by atoms with E-state index >= 15 is 0 Å². The number of hydrogen-bond donors (Lipinski definition) is 1. The first kappa shape index (κ1) is 24.2. The highest BCUT2D eigenvalue weighted by Crippen LogP contribution is 2.35. The average molecular weight is 602 g/mol. The molecule has 0 atom stereocenters. The minimum absolute atomic E-state index is 0.0187. The number of carbonyl (C=O) groups excluding carboxylic acids is 1. The molecule has 0 fully saturated rings. The van der Waals surface area contributed by atoms with E-state index in [2.05, 4.69) is 42.4 Å². The number of nitro groups is 1. The number of nitro benzene ring substituents is 1. The number of hydrogen-bond acceptors (Lipinski definition) is 5. The molecule has 0 bridgehead atoms. The van der Waals surface area contributed by atoms with Gasteiger partial charge in [-0.05, 0) is 85.5 Å². The minimum Gasteiger partial charge on any atom is -0.487 e. The molecular weight excluding hydrogens is 589 g/mol. The third-order valence-corrected chi connectivity index (χ3v) is 5.83. The highest BCUT2D eigenvalue weighted by atomic mass is 79.9. The van der Waals surface area contributed by atoms with E-state index in [9.17, 15) is 14.9 Å². The fraction of sp³-hybridized carbons (Fsp3) is 0.0476. The fourth-order valence-corrected chi connectivity index (χ4v) is 4.51. The first-order chi connectivity index (χ1) is 15.2. The Morgan fingerprint density at radius 2 is 1.75 bits per heavy atom. The zero-order valence-corrected chi connectivity index (χ0v) is 20.7. The van der Waals surface area contributed by atoms with Gasteiger partial charge in [0.25, 0.3) is 11.6 Å². The van der Waals surface area contributed by atoms with Gasteiger partial charge in [-0.3, -0.25) is 14.9 Å². The molecule has 0 aromatic heterocycles. The van der Waals surface area contributed by atoms with Gasteiger partial charge in [0.2, 0.25) is 0 Å². The summed E-state index contributed by atoms with van der Waals surface area (Å²) in [6.07, 6.45) is 1.47. The SMILES string of the molecule is O=C(N/N=C/c1cc(Br)c(OCc2ccc([N+](=O)[O-])cc2)c(Br)c1)c1ccc(Cl)cc1Cl. The smallest absolute Gasteiger partial charge is 0.272 e. The summed E-state index contributed by atoms with van der Waals surface area (Å²) >= 11 is 18.8. The lowest BCUT2D eigenvalue weighted by atomic mass is 10.2. The Hall–Kier alpha value is -2.46. The number of amides is 1. The summed E-state index contributed by atoms with van der Waals surface area (Å²) in [6, 6.07) is 14.2. The maximum absolute atomic E-state index is 12.2. The van der Waals surface area contributed by atoms with Gasteiger partial charge in [0.05, 0.1) is 30.7 Å². The highest BCUT2D eigenvalue weighted by Gasteiger charge is 2.12. The van der Waals surface area contributed by atoms with Crippen molar-refractivity contribution in [2.24, 2.45) is 5.10 Å². The Labute approximate surface area is 209 Å². The third-order valence-electron chi connectivity index (χ3n) is 4.11. The summed E-state index contributed by atoms with van der Waals surface area (Å²) < 4.78 is 7.14. The fourth-order valence-electron chi connectivity index (χ4n) is 2.56. The Morgan fingerprint density at radius 3 is 2.34 bits per heavy atom. The summed E-state index contributed by atoms with van der Waals surface area (Å²) in [5.41, 5.74) is 4.16. The minimum atomic E-state index is -0.468. The van der Waals surface area contributed by atoms with Gasteiger partial charge in [0.1, 0.15) is 12.4 Å². The summed E-state index contributed by atoms with van der Waals surface area (Å²) in [5.74, 6) is 0.0848. The number of hydrazone groups is 1. The van der Waals surface area contributed by atoms with Crippen LogP contribution >= 0.6 is 55.1 Å². The quantitative estimate of drug-likeness (QED) is 0.184. The number of halogens is 4. The van der Waals surface area contributed by atoms with Crippen molar-refractivity contribution < 1.29 is 14.5 Å². The van der Waals surface area contributed by atoms with Crippen LogP contribution in [-0.4, -0.2) is 17.0 Å². The van der Waals surface area contributed by atoms with Gasteiger partial charge in [-0.15, -0.1) is 0 Å². The number of carbonyl (C=O) groups is 1. The molecule has 3 aromatic rings. The van der Waals surface area contributed by atoms with E-state index < -0.39 is 10.8 Å². The zero-order valence-electron chi connectivity index (χ0n) is 16.0. The summed E-state index contributed by atoms with van der Waals surface area (Å²) in [4.78, 5) is 22.5. The predicted octanol–water partition coefficient (Wildman–Crippen LogP) is 6.77. The lowest BCUT2D eigenvalue weighted by Crippen LogP contribution is -2.18. The molecule has 0 aliphatic carbocycles. The second-order valence-corrected chi connectivity index (χ2v) is 8.90. The molecule has 3 rings (SSSR count). The summed E-state index contributed by atoms with van der Waals surface area (Å²) in [5, 5.41) is 15.4. The lowest BCUT2D eigenvalue weighted by molar-refractivity contribution is -0.384. The van der Waals surface area contributed by atoms with Crippen LogP contribution in [0.5, 0.6) is 5.75 Å². The number of ether oxygens (including phenoxy) is 1. The zero-order chi connectivity index (χ0) is 23.3. The second-order valence-electron chi connectivity index (χ2n) is 6.35. The number of benzene rings is 3. The van der Waals surface area contributed by atoms with Crippen LogP contribution in [0.4, 0.5) is 5.69 Å². The number of non-ortho nitro benzene ring substituents is 1. The van der Waals surface area contributed by atoms with Crippen LogP contribution in [0.25, 0.3) is 0 Å². The molecule has 32 heavy (non-hydrogen) atoms. The van der Waals surface area contributed by atoms with E-state index in [0.717, 1.165) is 5.56 Å². The molecule has 0 saturated heterocycles. The summed E-state index contributed by atoms with van der Waals surface area (Å²) in [7, 11) is 0. The van der Waals surface area contributed by atoms with E-state index in [1.54, 1.807) is 30.3 Å². The van der Waals surface area contributed by atoms with Crippen molar-refractivity contribution in [1.82, 2.24) is 5.43 Å². The van der Waals surface area contributed by atoms with Crippen LogP contribution in [0, 0.1) is 10.1 Å². The molecular formula is C21H13Br2Cl2N3O4. The Morgan fingerprint density at radius 1 is 1.09 bits per heavy atom. The monoisotopic (exact) mass is 599 g/mol. The van der Waals surface area contributed by atoms with Crippen LogP contribution in [0.15, 0.2) is 68.6 Å². The van der Waals surface area contributed by atoms with Gasteiger partial charge in [-0.1, -0.05) is 23.2 Å². The maximum atomic E-state index is 12.2. The molecule has 3 aromatic carbocycles. The Kier molecular flexibility index (Phi) is 8.25. The molecule has 0 aliphatic rings. The van der Waals surface area contributed by atoms with E-state index in [0.29, 0.717) is 25.3 Å². The molecule has 0 aliphatic heterocycles. The highest BCUT2D eigenvalue weighted by molar-refractivity contribution is 9.11. The van der Waals surface area contributed by atoms with Crippen molar-refractivity contribution in [3.63, 3.8) is 0 Å². The standard InChI is InChI=1S/C21H13Br2Cl2N3O4/c22-17-7-13(10-26-27-21(29)16-6-3-14(24)9-19(16)25)8-18(23)20(17)32-11-12-1-4-15(5-2-12)28(30)31/h1-10H,11H2,(H,27,29)/b26-10+. The largest absolute Gasteiger partial charge is 0.487 e. The van der Waals surface area contributed by atoms with Gasteiger partial charge in [0.15, 0.2) is 0 Å². The normalized spacial score (nSPS) is 10.9. The van der Waals surface area contributed by atoms with E-state index in [-0.39, 0.29) is 22.9 Å². The lowest BCUT2D eigenvalue weighted by Gasteiger charge is -2.11. The van der Waals surface area contributed by atoms with Crippen molar-refractivity contribution in [1.29, 1.82) is 0 Å². The third kappa shape index (κ3) is 6.29. The second kappa shape index (κ2) is 10.9. The van der Waals surface area contributed by atoms with Crippen LogP contribution in [0.2, 0.25) is 10.0 Å². The maximum Gasteiger partial charge on any atom is 0.272 e. The van der Waals surface area contributed by atoms with Crippen LogP contribution < -0.4 is 10.2 Å². The first-order valence-corrected chi connectivity index (χ1v) is 11.2. The molecule has 11 heteroatoms. The molecule has 1 N–H and O–H groups in total. The summed E-state index contributed by atoms with van der Waals surface area (Å²) in [6.45, 7) is 0.223. The van der Waals surface area contributed by atoms with Gasteiger partial charge in [0, 0.05) is 17.2 Å². The van der Waals surface area contributed by atoms with Gasteiger partial charge in [-0.25, -0.2) is 5.43 Å². The average Bonchev–Trinajstić information content (AvgIpc) is 2.73. The van der Waals surface area contributed by atoms with Crippen LogP contribution in [0.3, 0.4) is 0 Å². The number of nitrogens with one attached hydrogen (secondary N) is 1. The molecule has 164 valence electrons. The van der Waals surface area contributed by atoms with Crippen molar-refractivity contribution >= 4 is 72.9 Å². The van der Waals surface area contributed by atoms with Gasteiger partial charge < -0.3 is 4.74 Å². The predicted molar refractivity (Wildman–Crippen MR) is 131 cm³/mol. The van der Waals surface area contributed by atoms with Crippen molar-refractivity contribution in [2.75, 3.05) is 0 Å². The van der Waals surface area contributed by atoms with Crippen molar-refractivity contribution in [3.8, 4) is 5.75 Å². The molecule has 0 saturated carbocycles. The van der Waals surface area contributed by atoms with Crippen LogP contribution in [-0.2, 0) is 6.61 Å². The van der Waals surface area contributed by atoms with Gasteiger partial charge in [-0.2, -0.15) is 5.10 Å². The molecule has 0 heterocycles. The van der Waals surface area contributed by atoms with Crippen LogP contribution in [0.1, 0.15) is 21.5 Å². The number of rotatable bonds is 7. The molecule has 7 nitrogen and oxygen atoms in total. The van der Waals surface area contributed by atoms with Crippen molar-refractivity contribution in [3.05, 3.63) is 100 Å². The molecule has 0 spiro atoms. The van der Waals surface area contributed by atoms with E-state index in [1.165, 1.54) is 30.5 Å². The van der Waals surface area contributed by atoms with E-state index in [1.807, 2.05) is 0 Å². The van der Waals surface area contributed by atoms with E-state index in [4.69, 9.17) is 27.9 Å². The molecule has 0 radical (unpaired) electrons. The number of nitrogens with zero attached hydrogens (tertiary/aromatic N) is 2. The first-order valence-electron chi connectivity index (χ1n) is 8.88. The Bertz CT molecular complexity index is 1180. The Balaban J connectivity index is 1.64.